The molecule has 4 rings (SSSR count). The Kier molecular flexibility index (Phi) is 9.20. The number of thiazole rings is 1. The lowest BCUT2D eigenvalue weighted by Crippen LogP contribution is -2.38. The van der Waals surface area contributed by atoms with E-state index in [0.29, 0.717) is 0 Å². The van der Waals surface area contributed by atoms with Crippen LogP contribution in [0.4, 0.5) is 0 Å². The molecule has 1 N–H and O–H groups in total. The van der Waals surface area contributed by atoms with Crippen LogP contribution in [0.3, 0.4) is 0 Å². The second kappa shape index (κ2) is 12.5. The van der Waals surface area contributed by atoms with Crippen molar-refractivity contribution in [1.29, 1.82) is 0 Å². The van der Waals surface area contributed by atoms with Crippen molar-refractivity contribution in [2.75, 3.05) is 26.2 Å². The largest absolute Gasteiger partial charge is 0.383 e. The highest BCUT2D eigenvalue weighted by Crippen LogP contribution is 2.32. The van der Waals surface area contributed by atoms with Crippen LogP contribution in [0.5, 0.6) is 0 Å². The molecule has 3 nitrogen and oxygen atoms in total. The van der Waals surface area contributed by atoms with E-state index in [1.54, 1.807) is 11.3 Å². The Morgan fingerprint density at radius 1 is 1.12 bits per heavy atom. The van der Waals surface area contributed by atoms with Crippen molar-refractivity contribution >= 4 is 28.6 Å². The standard InChI is InChI=1S/C29H36ClN3S/c1-3-7-27(28-22(2)32-29(34-28)25-12-14-26(30)15-13-25)31-18-21-33-19-16-24(17-20-33)11-10-23-8-5-4-6-9-23/h4-9,12-15,24,31H,3,10-11,16-21H2,1-2H3/b27-7-. The number of nitrogens with zero attached hydrogens (tertiary/aromatic N) is 2. The van der Waals surface area contributed by atoms with E-state index in [9.17, 15) is 0 Å². The van der Waals surface area contributed by atoms with Gasteiger partial charge >= 0.3 is 0 Å². The summed E-state index contributed by atoms with van der Waals surface area (Å²) in [5, 5.41) is 5.53. The third-order valence-corrected chi connectivity index (χ3v) is 8.17. The van der Waals surface area contributed by atoms with Gasteiger partial charge in [0.05, 0.1) is 10.6 Å². The van der Waals surface area contributed by atoms with E-state index in [1.807, 2.05) is 24.3 Å². The van der Waals surface area contributed by atoms with Gasteiger partial charge in [0.2, 0.25) is 0 Å². The number of aromatic nitrogens is 1. The highest BCUT2D eigenvalue weighted by Gasteiger charge is 2.19. The minimum absolute atomic E-state index is 0.755. The molecule has 1 fully saturated rings. The van der Waals surface area contributed by atoms with Gasteiger partial charge in [0.15, 0.2) is 0 Å². The Hall–Kier alpha value is -2.14. The third-order valence-electron chi connectivity index (χ3n) is 6.68. The maximum Gasteiger partial charge on any atom is 0.124 e. The molecule has 5 heteroatoms. The van der Waals surface area contributed by atoms with Crippen LogP contribution in [0.1, 0.15) is 48.7 Å². The summed E-state index contributed by atoms with van der Waals surface area (Å²) in [6.45, 7) is 8.79. The first-order chi connectivity index (χ1) is 16.6. The number of aryl methyl sites for hydroxylation is 2. The Labute approximate surface area is 213 Å². The molecule has 0 atom stereocenters. The summed E-state index contributed by atoms with van der Waals surface area (Å²) in [6.07, 6.45) is 8.47. The summed E-state index contributed by atoms with van der Waals surface area (Å²) < 4.78 is 0. The van der Waals surface area contributed by atoms with E-state index in [-0.39, 0.29) is 0 Å². The van der Waals surface area contributed by atoms with Gasteiger partial charge < -0.3 is 10.2 Å². The molecule has 0 unspecified atom stereocenters. The normalized spacial score (nSPS) is 15.6. The zero-order valence-electron chi connectivity index (χ0n) is 20.4. The summed E-state index contributed by atoms with van der Waals surface area (Å²) in [5.74, 6) is 0.867. The zero-order chi connectivity index (χ0) is 23.8. The average molecular weight is 494 g/mol. The van der Waals surface area contributed by atoms with Gasteiger partial charge in [-0.25, -0.2) is 4.98 Å². The molecule has 1 saturated heterocycles. The fourth-order valence-corrected chi connectivity index (χ4v) is 5.89. The number of allylic oxidation sites excluding steroid dienone is 1. The van der Waals surface area contributed by atoms with Gasteiger partial charge in [0, 0.05) is 29.4 Å². The number of nitrogens with one attached hydrogen (secondary N) is 1. The molecule has 2 heterocycles. The summed E-state index contributed by atoms with van der Waals surface area (Å²) in [4.78, 5) is 8.70. The van der Waals surface area contributed by atoms with E-state index >= 15 is 0 Å². The molecule has 1 aromatic heterocycles. The maximum atomic E-state index is 6.06. The van der Waals surface area contributed by atoms with Gasteiger partial charge in [-0.1, -0.05) is 67.1 Å². The van der Waals surface area contributed by atoms with Crippen molar-refractivity contribution in [2.45, 2.75) is 46.0 Å². The molecule has 0 radical (unpaired) electrons. The third kappa shape index (κ3) is 6.94. The summed E-state index contributed by atoms with van der Waals surface area (Å²) in [6, 6.07) is 18.9. The molecule has 180 valence electrons. The van der Waals surface area contributed by atoms with E-state index in [4.69, 9.17) is 16.6 Å². The number of piperidine rings is 1. The van der Waals surface area contributed by atoms with Crippen LogP contribution >= 0.6 is 22.9 Å². The smallest absolute Gasteiger partial charge is 0.124 e. The van der Waals surface area contributed by atoms with Crippen LogP contribution in [0.2, 0.25) is 5.02 Å². The van der Waals surface area contributed by atoms with Gasteiger partial charge in [-0.2, -0.15) is 0 Å². The topological polar surface area (TPSA) is 28.2 Å². The predicted octanol–water partition coefficient (Wildman–Crippen LogP) is 7.46. The molecular formula is C29H36ClN3S. The molecule has 0 aliphatic carbocycles. The van der Waals surface area contributed by atoms with Gasteiger partial charge in [-0.05, 0) is 75.7 Å². The van der Waals surface area contributed by atoms with Crippen LogP contribution in [0.25, 0.3) is 16.3 Å². The molecule has 3 aromatic rings. The highest BCUT2D eigenvalue weighted by atomic mass is 35.5. The average Bonchev–Trinajstić information content (AvgIpc) is 3.25. The van der Waals surface area contributed by atoms with Crippen molar-refractivity contribution in [2.24, 2.45) is 5.92 Å². The lowest BCUT2D eigenvalue weighted by Gasteiger charge is -2.32. The molecule has 34 heavy (non-hydrogen) atoms. The lowest BCUT2D eigenvalue weighted by molar-refractivity contribution is 0.181. The fourth-order valence-electron chi connectivity index (χ4n) is 4.67. The molecule has 0 amide bonds. The van der Waals surface area contributed by atoms with E-state index in [1.165, 1.54) is 54.9 Å². The summed E-state index contributed by atoms with van der Waals surface area (Å²) in [5.41, 5.74) is 4.90. The van der Waals surface area contributed by atoms with Gasteiger partial charge in [0.25, 0.3) is 0 Å². The molecule has 2 aromatic carbocycles. The Morgan fingerprint density at radius 2 is 1.85 bits per heavy atom. The second-order valence-electron chi connectivity index (χ2n) is 9.20. The first-order valence-electron chi connectivity index (χ1n) is 12.6. The van der Waals surface area contributed by atoms with Crippen LogP contribution < -0.4 is 5.32 Å². The van der Waals surface area contributed by atoms with E-state index < -0.39 is 0 Å². The Morgan fingerprint density at radius 3 is 2.56 bits per heavy atom. The van der Waals surface area contributed by atoms with Crippen LogP contribution in [-0.4, -0.2) is 36.1 Å². The highest BCUT2D eigenvalue weighted by molar-refractivity contribution is 7.16. The number of rotatable bonds is 10. The molecule has 0 saturated carbocycles. The van der Waals surface area contributed by atoms with Gasteiger partial charge in [0.1, 0.15) is 5.01 Å². The molecule has 0 spiro atoms. The number of benzene rings is 2. The monoisotopic (exact) mass is 493 g/mol. The van der Waals surface area contributed by atoms with E-state index in [0.717, 1.165) is 46.7 Å². The number of hydrogen-bond donors (Lipinski definition) is 1. The lowest BCUT2D eigenvalue weighted by atomic mass is 9.90. The zero-order valence-corrected chi connectivity index (χ0v) is 22.0. The minimum atomic E-state index is 0.755. The predicted molar refractivity (Wildman–Crippen MR) is 147 cm³/mol. The van der Waals surface area contributed by atoms with Gasteiger partial charge in [-0.15, -0.1) is 11.3 Å². The van der Waals surface area contributed by atoms with Crippen molar-refractivity contribution in [3.05, 3.63) is 81.8 Å². The van der Waals surface area contributed by atoms with Crippen LogP contribution in [0, 0.1) is 12.8 Å². The fraction of sp³-hybridized carbons (Fsp3) is 0.414. The van der Waals surface area contributed by atoms with Gasteiger partial charge in [-0.3, -0.25) is 0 Å². The first kappa shape index (κ1) is 25.0. The summed E-state index contributed by atoms with van der Waals surface area (Å²) >= 11 is 7.82. The number of halogens is 1. The van der Waals surface area contributed by atoms with E-state index in [2.05, 4.69) is 60.5 Å². The summed E-state index contributed by atoms with van der Waals surface area (Å²) in [7, 11) is 0. The second-order valence-corrected chi connectivity index (χ2v) is 10.6. The number of hydrogen-bond acceptors (Lipinski definition) is 4. The van der Waals surface area contributed by atoms with Crippen LogP contribution in [-0.2, 0) is 6.42 Å². The SMILES string of the molecule is CC/C=C(\NCCN1CCC(CCc2ccccc2)CC1)c1sc(-c2ccc(Cl)cc2)nc1C. The quantitative estimate of drug-likeness (QED) is 0.317. The first-order valence-corrected chi connectivity index (χ1v) is 13.8. The van der Waals surface area contributed by atoms with Crippen molar-refractivity contribution < 1.29 is 0 Å². The molecule has 1 aliphatic heterocycles. The van der Waals surface area contributed by atoms with Crippen molar-refractivity contribution in [3.63, 3.8) is 0 Å². The molecular weight excluding hydrogens is 458 g/mol. The van der Waals surface area contributed by atoms with Crippen LogP contribution in [0.15, 0.2) is 60.7 Å². The number of likely N-dealkylation sites (tertiary alicyclic amines) is 1. The molecule has 1 aliphatic rings. The van der Waals surface area contributed by atoms with Crippen molar-refractivity contribution in [3.8, 4) is 10.6 Å². The Balaban J connectivity index is 1.25. The minimum Gasteiger partial charge on any atom is -0.383 e. The molecule has 0 bridgehead atoms. The van der Waals surface area contributed by atoms with Crippen molar-refractivity contribution in [1.82, 2.24) is 15.2 Å². The maximum absolute atomic E-state index is 6.06. The Bertz CT molecular complexity index is 1050.